The highest BCUT2D eigenvalue weighted by molar-refractivity contribution is 6.06. The highest BCUT2D eigenvalue weighted by Gasteiger charge is 2.40. The lowest BCUT2D eigenvalue weighted by Gasteiger charge is -2.39. The summed E-state index contributed by atoms with van der Waals surface area (Å²) in [6, 6.07) is 42.1. The summed E-state index contributed by atoms with van der Waals surface area (Å²) in [6.45, 7) is 0. The summed E-state index contributed by atoms with van der Waals surface area (Å²) in [5, 5.41) is 3.79. The fourth-order valence-corrected chi connectivity index (χ4v) is 6.01. The number of hydrogen-bond acceptors (Lipinski definition) is 5. The van der Waals surface area contributed by atoms with Crippen LogP contribution in [0, 0.1) is 0 Å². The molecule has 0 aliphatic carbocycles. The maximum absolute atomic E-state index is 5.24. The van der Waals surface area contributed by atoms with Crippen LogP contribution in [0.4, 0.5) is 28.4 Å². The third-order valence-corrected chi connectivity index (χ3v) is 7.77. The lowest BCUT2D eigenvalue weighted by molar-refractivity contribution is 0.821. The Morgan fingerprint density at radius 2 is 1.23 bits per heavy atom. The summed E-state index contributed by atoms with van der Waals surface area (Å²) < 4.78 is 0. The van der Waals surface area contributed by atoms with E-state index < -0.39 is 0 Å². The van der Waals surface area contributed by atoms with Crippen molar-refractivity contribution < 1.29 is 0 Å². The first kappa shape index (κ1) is 21.9. The summed E-state index contributed by atoms with van der Waals surface area (Å²) in [6.07, 6.45) is -0.0127. The maximum Gasteiger partial charge on any atom is 0.130 e. The fourth-order valence-electron chi connectivity index (χ4n) is 6.01. The second-order valence-electron chi connectivity index (χ2n) is 10.0. The second-order valence-corrected chi connectivity index (χ2v) is 10.0. The smallest absolute Gasteiger partial charge is 0.130 e. The molecule has 1 N–H and O–H groups in total. The van der Waals surface area contributed by atoms with Crippen LogP contribution in [-0.4, -0.2) is 17.0 Å². The van der Waals surface area contributed by atoms with Crippen molar-refractivity contribution >= 4 is 39.5 Å². The molecule has 0 saturated carbocycles. The van der Waals surface area contributed by atoms with E-state index in [1.165, 1.54) is 11.3 Å². The second kappa shape index (κ2) is 8.43. The topological polar surface area (TPSA) is 44.3 Å². The molecule has 1 unspecified atom stereocenters. The first-order chi connectivity index (χ1) is 19.3. The lowest BCUT2D eigenvalue weighted by Crippen LogP contribution is -2.29. The van der Waals surface area contributed by atoms with Gasteiger partial charge < -0.3 is 15.1 Å². The standard InChI is InChI=1S/C34H25N5/c1-38-28-20-11-19-27-33(28)39(34(37-27)23-14-6-3-7-15-23)29-21-10-16-24(32(29)38)31-30(22-12-4-2-5-13-22)35-25-17-8-9-18-26(25)36-31/h2-21,34,37H,1H3. The van der Waals surface area contributed by atoms with E-state index in [0.29, 0.717) is 0 Å². The molecule has 5 heteroatoms. The van der Waals surface area contributed by atoms with Crippen molar-refractivity contribution in [1.82, 2.24) is 9.97 Å². The van der Waals surface area contributed by atoms with E-state index in [9.17, 15) is 0 Å². The van der Waals surface area contributed by atoms with E-state index in [-0.39, 0.29) is 6.17 Å². The first-order valence-electron chi connectivity index (χ1n) is 13.2. The molecule has 0 bridgehead atoms. The molecule has 2 aliphatic heterocycles. The van der Waals surface area contributed by atoms with E-state index in [1.807, 2.05) is 30.3 Å². The molecule has 0 radical (unpaired) electrons. The molecule has 0 amide bonds. The van der Waals surface area contributed by atoms with Crippen LogP contribution in [0.1, 0.15) is 11.7 Å². The molecule has 2 aliphatic rings. The summed E-state index contributed by atoms with van der Waals surface area (Å²) in [5.41, 5.74) is 12.6. The molecule has 186 valence electrons. The SMILES string of the molecule is CN1c2cccc3c2N(c2cccc(-c4nc5ccccc5nc4-c4ccccc4)c21)C(c1ccccc1)N3. The minimum atomic E-state index is -0.0127. The van der Waals surface area contributed by atoms with Gasteiger partial charge in [0.05, 0.1) is 50.9 Å². The Morgan fingerprint density at radius 3 is 2.00 bits per heavy atom. The number of hydrogen-bond donors (Lipinski definition) is 1. The molecule has 5 nitrogen and oxygen atoms in total. The zero-order valence-electron chi connectivity index (χ0n) is 21.4. The summed E-state index contributed by atoms with van der Waals surface area (Å²) in [7, 11) is 2.15. The van der Waals surface area contributed by atoms with Gasteiger partial charge >= 0.3 is 0 Å². The normalized spacial score (nSPS) is 15.2. The van der Waals surface area contributed by atoms with Crippen LogP contribution in [-0.2, 0) is 0 Å². The van der Waals surface area contributed by atoms with Crippen molar-refractivity contribution in [3.8, 4) is 22.5 Å². The molecule has 39 heavy (non-hydrogen) atoms. The Bertz CT molecular complexity index is 1870. The lowest BCUT2D eigenvalue weighted by atomic mass is 9.97. The summed E-state index contributed by atoms with van der Waals surface area (Å²) >= 11 is 0. The highest BCUT2D eigenvalue weighted by atomic mass is 15.4. The summed E-state index contributed by atoms with van der Waals surface area (Å²) in [5.74, 6) is 0. The van der Waals surface area contributed by atoms with E-state index in [0.717, 1.165) is 56.3 Å². The minimum absolute atomic E-state index is 0.0127. The van der Waals surface area contributed by atoms with E-state index in [1.54, 1.807) is 0 Å². The number of aromatic nitrogens is 2. The maximum atomic E-state index is 5.24. The van der Waals surface area contributed by atoms with Gasteiger partial charge in [0.1, 0.15) is 6.17 Å². The average molecular weight is 504 g/mol. The van der Waals surface area contributed by atoms with E-state index in [2.05, 4.69) is 113 Å². The zero-order chi connectivity index (χ0) is 25.9. The highest BCUT2D eigenvalue weighted by Crippen LogP contribution is 2.59. The molecule has 0 saturated heterocycles. The van der Waals surface area contributed by atoms with Crippen LogP contribution in [0.15, 0.2) is 121 Å². The monoisotopic (exact) mass is 503 g/mol. The molecule has 0 fully saturated rings. The summed E-state index contributed by atoms with van der Waals surface area (Å²) in [4.78, 5) is 15.1. The number of anilines is 5. The Balaban J connectivity index is 1.41. The van der Waals surface area contributed by atoms with Gasteiger partial charge in [-0.05, 0) is 35.9 Å². The molecule has 6 aromatic rings. The number of rotatable bonds is 3. The van der Waals surface area contributed by atoms with Gasteiger partial charge in [0.15, 0.2) is 0 Å². The van der Waals surface area contributed by atoms with Gasteiger partial charge in [0.2, 0.25) is 0 Å². The molecule has 3 heterocycles. The van der Waals surface area contributed by atoms with E-state index >= 15 is 0 Å². The zero-order valence-corrected chi connectivity index (χ0v) is 21.4. The minimum Gasteiger partial charge on any atom is -0.359 e. The van der Waals surface area contributed by atoms with Crippen molar-refractivity contribution in [3.05, 3.63) is 127 Å². The van der Waals surface area contributed by atoms with Crippen molar-refractivity contribution in [3.63, 3.8) is 0 Å². The van der Waals surface area contributed by atoms with Crippen LogP contribution in [0.5, 0.6) is 0 Å². The van der Waals surface area contributed by atoms with Crippen molar-refractivity contribution in [2.45, 2.75) is 6.17 Å². The van der Waals surface area contributed by atoms with Crippen molar-refractivity contribution in [1.29, 1.82) is 0 Å². The predicted octanol–water partition coefficient (Wildman–Crippen LogP) is 8.31. The van der Waals surface area contributed by atoms with Crippen LogP contribution in [0.2, 0.25) is 0 Å². The van der Waals surface area contributed by atoms with E-state index in [4.69, 9.17) is 9.97 Å². The Hall–Kier alpha value is -5.16. The van der Waals surface area contributed by atoms with Crippen LogP contribution in [0.3, 0.4) is 0 Å². The van der Waals surface area contributed by atoms with Crippen molar-refractivity contribution in [2.75, 3.05) is 22.2 Å². The van der Waals surface area contributed by atoms with Gasteiger partial charge in [-0.2, -0.15) is 0 Å². The van der Waals surface area contributed by atoms with Crippen LogP contribution in [0.25, 0.3) is 33.5 Å². The number of para-hydroxylation sites is 4. The molecule has 1 aromatic heterocycles. The van der Waals surface area contributed by atoms with Crippen molar-refractivity contribution in [2.24, 2.45) is 0 Å². The van der Waals surface area contributed by atoms with Gasteiger partial charge in [-0.3, -0.25) is 0 Å². The molecular weight excluding hydrogens is 478 g/mol. The third-order valence-electron chi connectivity index (χ3n) is 7.77. The largest absolute Gasteiger partial charge is 0.359 e. The molecular formula is C34H25N5. The molecule has 8 rings (SSSR count). The molecule has 5 aromatic carbocycles. The average Bonchev–Trinajstić information content (AvgIpc) is 3.40. The van der Waals surface area contributed by atoms with Gasteiger partial charge in [-0.15, -0.1) is 0 Å². The Labute approximate surface area is 227 Å². The Morgan fingerprint density at radius 1 is 0.590 bits per heavy atom. The number of nitrogens with zero attached hydrogens (tertiary/aromatic N) is 4. The van der Waals surface area contributed by atoms with Gasteiger partial charge in [-0.1, -0.05) is 91.0 Å². The number of nitrogens with one attached hydrogen (secondary N) is 1. The fraction of sp³-hybridized carbons (Fsp3) is 0.0588. The molecule has 0 spiro atoms. The van der Waals surface area contributed by atoms with Gasteiger partial charge in [-0.25, -0.2) is 9.97 Å². The molecule has 1 atom stereocenters. The van der Waals surface area contributed by atoms with Gasteiger partial charge in [0.25, 0.3) is 0 Å². The predicted molar refractivity (Wildman–Crippen MR) is 160 cm³/mol. The number of benzene rings is 5. The first-order valence-corrected chi connectivity index (χ1v) is 13.2. The number of fused-ring (bicyclic) bond motifs is 3. The van der Waals surface area contributed by atoms with Crippen LogP contribution >= 0.6 is 0 Å². The third kappa shape index (κ3) is 3.26. The Kier molecular flexibility index (Phi) is 4.73. The van der Waals surface area contributed by atoms with Gasteiger partial charge in [0, 0.05) is 18.2 Å². The quantitative estimate of drug-likeness (QED) is 0.263. The van der Waals surface area contributed by atoms with Crippen LogP contribution < -0.4 is 15.1 Å².